The molecule has 0 aliphatic rings. The van der Waals surface area contributed by atoms with Gasteiger partial charge in [-0.15, -0.1) is 0 Å². The van der Waals surface area contributed by atoms with Crippen LogP contribution in [0.15, 0.2) is 55.4 Å². The smallest absolute Gasteiger partial charge is 0.310 e. The van der Waals surface area contributed by atoms with Crippen LogP contribution in [0.2, 0.25) is 0 Å². The lowest BCUT2D eigenvalue weighted by Crippen LogP contribution is -2.25. The maximum atomic E-state index is 12.1. The number of nitrogens with zero attached hydrogens (tertiary/aromatic N) is 1. The summed E-state index contributed by atoms with van der Waals surface area (Å²) >= 11 is 0. The molecular weight excluding hydrogens is 274 g/mol. The Hall–Kier alpha value is -2.42. The first-order valence-electron chi connectivity index (χ1n) is 7.26. The third-order valence-corrected chi connectivity index (χ3v) is 3.11. The Balaban J connectivity index is 2.24. The number of pyridine rings is 1. The van der Waals surface area contributed by atoms with Gasteiger partial charge in [0.25, 0.3) is 0 Å². The van der Waals surface area contributed by atoms with Gasteiger partial charge in [0.15, 0.2) is 0 Å². The van der Waals surface area contributed by atoms with Crippen LogP contribution in [0.5, 0.6) is 0 Å². The molecule has 0 amide bonds. The molecule has 0 saturated carbocycles. The van der Waals surface area contributed by atoms with Gasteiger partial charge in [-0.05, 0) is 49.1 Å². The third-order valence-electron chi connectivity index (χ3n) is 3.11. The van der Waals surface area contributed by atoms with Gasteiger partial charge >= 0.3 is 5.97 Å². The van der Waals surface area contributed by atoms with Crippen LogP contribution < -0.4 is 0 Å². The summed E-state index contributed by atoms with van der Waals surface area (Å²) in [5, 5.41) is 0. The van der Waals surface area contributed by atoms with Gasteiger partial charge in [-0.1, -0.05) is 36.9 Å². The molecule has 3 nitrogen and oxygen atoms in total. The van der Waals surface area contributed by atoms with Crippen molar-refractivity contribution in [3.8, 4) is 0 Å². The van der Waals surface area contributed by atoms with E-state index < -0.39 is 5.60 Å². The Labute approximate surface area is 131 Å². The van der Waals surface area contributed by atoms with Gasteiger partial charge < -0.3 is 4.74 Å². The third kappa shape index (κ3) is 4.29. The van der Waals surface area contributed by atoms with Crippen LogP contribution in [-0.4, -0.2) is 16.6 Å². The second-order valence-electron chi connectivity index (χ2n) is 6.14. The molecular formula is C19H21NO2. The summed E-state index contributed by atoms with van der Waals surface area (Å²) in [6.07, 6.45) is 3.60. The van der Waals surface area contributed by atoms with E-state index in [-0.39, 0.29) is 12.4 Å². The quantitative estimate of drug-likeness (QED) is 0.799. The summed E-state index contributed by atoms with van der Waals surface area (Å²) in [6.45, 7) is 9.74. The number of benzene rings is 1. The zero-order valence-electron chi connectivity index (χ0n) is 13.3. The molecule has 0 fully saturated rings. The SMILES string of the molecule is C=C(c1ccccc1)c1ccncc1CC(=O)OC(C)(C)C. The molecule has 1 aromatic carbocycles. The first-order chi connectivity index (χ1) is 10.4. The van der Waals surface area contributed by atoms with Crippen molar-refractivity contribution in [2.75, 3.05) is 0 Å². The van der Waals surface area contributed by atoms with Gasteiger partial charge in [0.2, 0.25) is 0 Å². The van der Waals surface area contributed by atoms with Crippen molar-refractivity contribution in [1.82, 2.24) is 4.98 Å². The monoisotopic (exact) mass is 295 g/mol. The summed E-state index contributed by atoms with van der Waals surface area (Å²) < 4.78 is 5.39. The minimum Gasteiger partial charge on any atom is -0.460 e. The van der Waals surface area contributed by atoms with Gasteiger partial charge in [-0.2, -0.15) is 0 Å². The van der Waals surface area contributed by atoms with Crippen molar-refractivity contribution < 1.29 is 9.53 Å². The topological polar surface area (TPSA) is 39.2 Å². The van der Waals surface area contributed by atoms with Crippen LogP contribution in [0.25, 0.3) is 5.57 Å². The number of esters is 1. The lowest BCUT2D eigenvalue weighted by Gasteiger charge is -2.20. The number of carbonyl (C=O) groups is 1. The van der Waals surface area contributed by atoms with E-state index in [0.29, 0.717) is 0 Å². The first kappa shape index (κ1) is 16.0. The zero-order chi connectivity index (χ0) is 16.2. The predicted octanol–water partition coefficient (Wildman–Crippen LogP) is 4.03. The lowest BCUT2D eigenvalue weighted by atomic mass is 9.95. The molecule has 0 N–H and O–H groups in total. The Bertz CT molecular complexity index is 669. The van der Waals surface area contributed by atoms with E-state index in [1.807, 2.05) is 57.2 Å². The molecule has 0 atom stereocenters. The number of aromatic nitrogens is 1. The number of hydrogen-bond acceptors (Lipinski definition) is 3. The van der Waals surface area contributed by atoms with Gasteiger partial charge in [0.05, 0.1) is 6.42 Å². The lowest BCUT2D eigenvalue weighted by molar-refractivity contribution is -0.153. The van der Waals surface area contributed by atoms with Crippen molar-refractivity contribution in [2.24, 2.45) is 0 Å². The average molecular weight is 295 g/mol. The van der Waals surface area contributed by atoms with Crippen molar-refractivity contribution in [3.63, 3.8) is 0 Å². The molecule has 0 unspecified atom stereocenters. The highest BCUT2D eigenvalue weighted by atomic mass is 16.6. The molecule has 1 heterocycles. The van der Waals surface area contributed by atoms with Crippen LogP contribution in [0.3, 0.4) is 0 Å². The Morgan fingerprint density at radius 1 is 1.18 bits per heavy atom. The summed E-state index contributed by atoms with van der Waals surface area (Å²) in [5.41, 5.74) is 3.16. The summed E-state index contributed by atoms with van der Waals surface area (Å²) in [4.78, 5) is 16.2. The van der Waals surface area contributed by atoms with E-state index in [1.165, 1.54) is 0 Å². The highest BCUT2D eigenvalue weighted by Gasteiger charge is 2.18. The van der Waals surface area contributed by atoms with Crippen LogP contribution in [0.4, 0.5) is 0 Å². The molecule has 0 spiro atoms. The van der Waals surface area contributed by atoms with Crippen LogP contribution in [-0.2, 0) is 16.0 Å². The van der Waals surface area contributed by atoms with E-state index in [0.717, 1.165) is 22.3 Å². The molecule has 1 aromatic heterocycles. The van der Waals surface area contributed by atoms with Gasteiger partial charge in [0.1, 0.15) is 5.60 Å². The standard InChI is InChI=1S/C19H21NO2/c1-14(15-8-6-5-7-9-15)17-10-11-20-13-16(17)12-18(21)22-19(2,3)4/h5-11,13H,1,12H2,2-4H3. The second-order valence-corrected chi connectivity index (χ2v) is 6.14. The minimum absolute atomic E-state index is 0.187. The summed E-state index contributed by atoms with van der Waals surface area (Å²) in [7, 11) is 0. The van der Waals surface area contributed by atoms with Crippen molar-refractivity contribution in [1.29, 1.82) is 0 Å². The molecule has 0 saturated heterocycles. The average Bonchev–Trinajstić information content (AvgIpc) is 2.46. The zero-order valence-corrected chi connectivity index (χ0v) is 13.3. The van der Waals surface area contributed by atoms with E-state index >= 15 is 0 Å². The Morgan fingerprint density at radius 2 is 1.86 bits per heavy atom. The highest BCUT2D eigenvalue weighted by Crippen LogP contribution is 2.24. The summed E-state index contributed by atoms with van der Waals surface area (Å²) in [5.74, 6) is -0.261. The number of hydrogen-bond donors (Lipinski definition) is 0. The molecule has 2 rings (SSSR count). The minimum atomic E-state index is -0.490. The maximum absolute atomic E-state index is 12.1. The van der Waals surface area contributed by atoms with E-state index in [4.69, 9.17) is 4.74 Å². The molecule has 0 bridgehead atoms. The van der Waals surface area contributed by atoms with E-state index in [9.17, 15) is 4.79 Å². The molecule has 22 heavy (non-hydrogen) atoms. The molecule has 114 valence electrons. The molecule has 0 aliphatic carbocycles. The fourth-order valence-electron chi connectivity index (χ4n) is 2.19. The predicted molar refractivity (Wildman–Crippen MR) is 88.4 cm³/mol. The van der Waals surface area contributed by atoms with E-state index in [2.05, 4.69) is 11.6 Å². The van der Waals surface area contributed by atoms with Crippen LogP contribution >= 0.6 is 0 Å². The number of rotatable bonds is 4. The summed E-state index contributed by atoms with van der Waals surface area (Å²) in [6, 6.07) is 11.8. The number of carbonyl (C=O) groups excluding carboxylic acids is 1. The van der Waals surface area contributed by atoms with Crippen LogP contribution in [0.1, 0.15) is 37.5 Å². The fraction of sp³-hybridized carbons (Fsp3) is 0.263. The second kappa shape index (κ2) is 6.56. The van der Waals surface area contributed by atoms with Crippen molar-refractivity contribution >= 4 is 11.5 Å². The van der Waals surface area contributed by atoms with Gasteiger partial charge in [0, 0.05) is 12.4 Å². The Kier molecular flexibility index (Phi) is 4.76. The van der Waals surface area contributed by atoms with E-state index in [1.54, 1.807) is 12.4 Å². The molecule has 0 aliphatic heterocycles. The fourth-order valence-corrected chi connectivity index (χ4v) is 2.19. The van der Waals surface area contributed by atoms with Crippen molar-refractivity contribution in [3.05, 3.63) is 72.1 Å². The van der Waals surface area contributed by atoms with Gasteiger partial charge in [-0.25, -0.2) is 0 Å². The van der Waals surface area contributed by atoms with Crippen LogP contribution in [0, 0.1) is 0 Å². The largest absolute Gasteiger partial charge is 0.460 e. The Morgan fingerprint density at radius 3 is 2.50 bits per heavy atom. The number of ether oxygens (including phenoxy) is 1. The normalized spacial score (nSPS) is 11.0. The maximum Gasteiger partial charge on any atom is 0.310 e. The molecule has 2 aromatic rings. The molecule has 3 heteroatoms. The highest BCUT2D eigenvalue weighted by molar-refractivity contribution is 5.82. The van der Waals surface area contributed by atoms with Crippen molar-refractivity contribution in [2.45, 2.75) is 32.8 Å². The molecule has 0 radical (unpaired) electrons. The first-order valence-corrected chi connectivity index (χ1v) is 7.26. The van der Waals surface area contributed by atoms with Gasteiger partial charge in [-0.3, -0.25) is 9.78 Å².